The van der Waals surface area contributed by atoms with Gasteiger partial charge in [-0.25, -0.2) is 0 Å². The average molecular weight is 489 g/mol. The molecule has 2 aromatic rings. The smallest absolute Gasteiger partial charge is 0.193 e. The van der Waals surface area contributed by atoms with E-state index in [1.165, 1.54) is 11.1 Å². The maximum atomic E-state index is 6.06. The van der Waals surface area contributed by atoms with Crippen LogP contribution < -0.4 is 10.1 Å². The van der Waals surface area contributed by atoms with Gasteiger partial charge in [-0.05, 0) is 29.7 Å². The molecule has 0 unspecified atom stereocenters. The minimum absolute atomic E-state index is 0. The summed E-state index contributed by atoms with van der Waals surface area (Å²) in [4.78, 5) is 6.48. The number of nitrogens with one attached hydrogen (secondary N) is 1. The molecule has 0 saturated heterocycles. The highest BCUT2D eigenvalue weighted by Gasteiger charge is 2.12. The van der Waals surface area contributed by atoms with E-state index in [2.05, 4.69) is 33.4 Å². The molecule has 1 aromatic carbocycles. The Morgan fingerprint density at radius 3 is 2.88 bits per heavy atom. The molecule has 2 heterocycles. The number of halogens is 2. The fourth-order valence-electron chi connectivity index (χ4n) is 3.14. The van der Waals surface area contributed by atoms with Crippen LogP contribution in [-0.2, 0) is 26.4 Å². The van der Waals surface area contributed by atoms with E-state index in [0.717, 1.165) is 55.0 Å². The summed E-state index contributed by atoms with van der Waals surface area (Å²) in [5.41, 5.74) is 3.79. The Bertz CT molecular complexity index is 775. The van der Waals surface area contributed by atoms with Gasteiger partial charge in [-0.2, -0.15) is 0 Å². The summed E-state index contributed by atoms with van der Waals surface area (Å²) in [5, 5.41) is 4.19. The fourth-order valence-corrected chi connectivity index (χ4v) is 3.41. The molecule has 7 heteroatoms. The molecular weight excluding hydrogens is 463 g/mol. The number of rotatable bonds is 5. The minimum atomic E-state index is 0. The molecule has 1 aliphatic rings. The first-order valence-corrected chi connectivity index (χ1v) is 8.91. The third kappa shape index (κ3) is 5.07. The van der Waals surface area contributed by atoms with Crippen LogP contribution in [0, 0.1) is 0 Å². The first-order valence-electron chi connectivity index (χ1n) is 8.54. The summed E-state index contributed by atoms with van der Waals surface area (Å²) in [5.74, 6) is 1.91. The number of benzene rings is 1. The molecule has 0 aliphatic carbocycles. The SMILES string of the molecule is CN=C(NCCc1ccc2c(c1)CCO2)N(C)Cc1cc(Cl)cn1C.I. The third-order valence-electron chi connectivity index (χ3n) is 4.50. The predicted molar refractivity (Wildman–Crippen MR) is 118 cm³/mol. The fraction of sp³-hybridized carbons (Fsp3) is 0.421. The molecule has 5 nitrogen and oxygen atoms in total. The molecule has 0 saturated carbocycles. The highest BCUT2D eigenvalue weighted by molar-refractivity contribution is 14.0. The van der Waals surface area contributed by atoms with Crippen molar-refractivity contribution in [3.63, 3.8) is 0 Å². The van der Waals surface area contributed by atoms with Gasteiger partial charge in [-0.15, -0.1) is 24.0 Å². The Morgan fingerprint density at radius 2 is 2.19 bits per heavy atom. The van der Waals surface area contributed by atoms with Crippen LogP contribution in [0.3, 0.4) is 0 Å². The Hall–Kier alpha value is -1.41. The first kappa shape index (κ1) is 20.9. The van der Waals surface area contributed by atoms with Gasteiger partial charge in [0, 0.05) is 46.0 Å². The van der Waals surface area contributed by atoms with Gasteiger partial charge in [-0.3, -0.25) is 4.99 Å². The van der Waals surface area contributed by atoms with Crippen molar-refractivity contribution >= 4 is 41.5 Å². The Balaban J connectivity index is 0.00000243. The summed E-state index contributed by atoms with van der Waals surface area (Å²) in [6.45, 7) is 2.39. The number of nitrogens with zero attached hydrogens (tertiary/aromatic N) is 3. The largest absolute Gasteiger partial charge is 0.493 e. The summed E-state index contributed by atoms with van der Waals surface area (Å²) in [7, 11) is 5.84. The summed E-state index contributed by atoms with van der Waals surface area (Å²) in [6.07, 6.45) is 3.88. The van der Waals surface area contributed by atoms with E-state index < -0.39 is 0 Å². The van der Waals surface area contributed by atoms with Crippen LogP contribution >= 0.6 is 35.6 Å². The van der Waals surface area contributed by atoms with Crippen molar-refractivity contribution in [1.29, 1.82) is 0 Å². The van der Waals surface area contributed by atoms with Crippen LogP contribution in [0.2, 0.25) is 5.02 Å². The van der Waals surface area contributed by atoms with E-state index in [1.54, 1.807) is 0 Å². The minimum Gasteiger partial charge on any atom is -0.493 e. The quantitative estimate of drug-likeness (QED) is 0.398. The number of ether oxygens (including phenoxy) is 1. The number of hydrogen-bond donors (Lipinski definition) is 1. The number of fused-ring (bicyclic) bond motifs is 1. The van der Waals surface area contributed by atoms with E-state index in [0.29, 0.717) is 0 Å². The number of aliphatic imine (C=N–C) groups is 1. The van der Waals surface area contributed by atoms with Gasteiger partial charge in [0.15, 0.2) is 5.96 Å². The maximum Gasteiger partial charge on any atom is 0.193 e. The monoisotopic (exact) mass is 488 g/mol. The Kier molecular flexibility index (Phi) is 7.64. The van der Waals surface area contributed by atoms with Gasteiger partial charge in [-0.1, -0.05) is 23.7 Å². The number of hydrogen-bond acceptors (Lipinski definition) is 2. The van der Waals surface area contributed by atoms with E-state index >= 15 is 0 Å². The van der Waals surface area contributed by atoms with Gasteiger partial charge in [0.05, 0.1) is 18.2 Å². The van der Waals surface area contributed by atoms with E-state index in [4.69, 9.17) is 16.3 Å². The molecular formula is C19H26ClIN4O. The molecule has 0 spiro atoms. The van der Waals surface area contributed by atoms with Crippen LogP contribution in [0.15, 0.2) is 35.5 Å². The lowest BCUT2D eigenvalue weighted by Crippen LogP contribution is -2.39. The molecule has 0 radical (unpaired) electrons. The van der Waals surface area contributed by atoms with Gasteiger partial charge in [0.1, 0.15) is 5.75 Å². The highest BCUT2D eigenvalue weighted by Crippen LogP contribution is 2.25. The second-order valence-electron chi connectivity index (χ2n) is 6.38. The molecule has 1 aliphatic heterocycles. The van der Waals surface area contributed by atoms with Crippen molar-refractivity contribution in [2.24, 2.45) is 12.0 Å². The van der Waals surface area contributed by atoms with Gasteiger partial charge < -0.3 is 19.5 Å². The molecule has 0 bridgehead atoms. The zero-order valence-corrected chi connectivity index (χ0v) is 18.5. The zero-order chi connectivity index (χ0) is 17.8. The lowest BCUT2D eigenvalue weighted by molar-refractivity contribution is 0.357. The van der Waals surface area contributed by atoms with Crippen LogP contribution in [0.4, 0.5) is 0 Å². The molecule has 0 fully saturated rings. The summed E-state index contributed by atoms with van der Waals surface area (Å²) < 4.78 is 7.60. The highest BCUT2D eigenvalue weighted by atomic mass is 127. The lowest BCUT2D eigenvalue weighted by atomic mass is 10.1. The normalized spacial score (nSPS) is 13.0. The third-order valence-corrected chi connectivity index (χ3v) is 4.70. The molecule has 0 amide bonds. The van der Waals surface area contributed by atoms with E-state index in [1.807, 2.05) is 38.0 Å². The molecule has 0 atom stereocenters. The number of guanidine groups is 1. The Morgan fingerprint density at radius 1 is 1.38 bits per heavy atom. The average Bonchev–Trinajstić information content (AvgIpc) is 3.17. The number of aromatic nitrogens is 1. The second-order valence-corrected chi connectivity index (χ2v) is 6.82. The van der Waals surface area contributed by atoms with Crippen molar-refractivity contribution < 1.29 is 4.74 Å². The predicted octanol–water partition coefficient (Wildman–Crippen LogP) is 3.48. The van der Waals surface area contributed by atoms with Crippen molar-refractivity contribution in [2.45, 2.75) is 19.4 Å². The van der Waals surface area contributed by atoms with Crippen molar-refractivity contribution in [1.82, 2.24) is 14.8 Å². The van der Waals surface area contributed by atoms with Crippen LogP contribution in [0.5, 0.6) is 5.75 Å². The molecule has 1 N–H and O–H groups in total. The van der Waals surface area contributed by atoms with E-state index in [-0.39, 0.29) is 24.0 Å². The number of aryl methyl sites for hydroxylation is 1. The summed E-state index contributed by atoms with van der Waals surface area (Å²) in [6, 6.07) is 8.46. The van der Waals surface area contributed by atoms with Gasteiger partial charge in [0.25, 0.3) is 0 Å². The lowest BCUT2D eigenvalue weighted by Gasteiger charge is -2.22. The second kappa shape index (κ2) is 9.50. The zero-order valence-electron chi connectivity index (χ0n) is 15.5. The molecule has 3 rings (SSSR count). The maximum absolute atomic E-state index is 6.06. The van der Waals surface area contributed by atoms with Crippen molar-refractivity contribution in [3.05, 3.63) is 52.3 Å². The van der Waals surface area contributed by atoms with Gasteiger partial charge >= 0.3 is 0 Å². The molecule has 1 aromatic heterocycles. The standard InChI is InChI=1S/C19H25ClN4O.HI/c1-21-19(24(3)13-17-11-16(20)12-23(17)2)22-8-6-14-4-5-18-15(10-14)7-9-25-18;/h4-5,10-12H,6-9,13H2,1-3H3,(H,21,22);1H. The molecule has 142 valence electrons. The summed E-state index contributed by atoms with van der Waals surface area (Å²) >= 11 is 6.06. The first-order chi connectivity index (χ1) is 12.1. The topological polar surface area (TPSA) is 41.8 Å². The van der Waals surface area contributed by atoms with Crippen LogP contribution in [0.1, 0.15) is 16.8 Å². The van der Waals surface area contributed by atoms with Crippen LogP contribution in [0.25, 0.3) is 0 Å². The Labute approximate surface area is 177 Å². The van der Waals surface area contributed by atoms with Gasteiger partial charge in [0.2, 0.25) is 0 Å². The van der Waals surface area contributed by atoms with Crippen LogP contribution in [-0.4, -0.2) is 42.7 Å². The molecule has 26 heavy (non-hydrogen) atoms. The van der Waals surface area contributed by atoms with E-state index in [9.17, 15) is 0 Å². The van der Waals surface area contributed by atoms with Crippen molar-refractivity contribution in [3.8, 4) is 5.75 Å². The van der Waals surface area contributed by atoms with Crippen molar-refractivity contribution in [2.75, 3.05) is 27.2 Å².